The summed E-state index contributed by atoms with van der Waals surface area (Å²) in [7, 11) is 0. The number of amides is 1. The molecule has 0 unspecified atom stereocenters. The van der Waals surface area contributed by atoms with Crippen LogP contribution in [0.2, 0.25) is 0 Å². The number of morpholine rings is 1. The van der Waals surface area contributed by atoms with Crippen molar-refractivity contribution in [1.82, 2.24) is 4.90 Å². The van der Waals surface area contributed by atoms with E-state index in [0.29, 0.717) is 56.6 Å². The van der Waals surface area contributed by atoms with Crippen molar-refractivity contribution in [3.8, 4) is 11.5 Å². The molecular weight excluding hydrogens is 445 g/mol. The highest BCUT2D eigenvalue weighted by Gasteiger charge is 2.22. The van der Waals surface area contributed by atoms with Crippen LogP contribution in [0.15, 0.2) is 42.5 Å². The van der Waals surface area contributed by atoms with E-state index in [9.17, 15) is 4.79 Å². The van der Waals surface area contributed by atoms with Gasteiger partial charge in [-0.05, 0) is 47.2 Å². The number of benzene rings is 2. The van der Waals surface area contributed by atoms with Crippen LogP contribution >= 0.6 is 22.6 Å². The Morgan fingerprint density at radius 3 is 2.58 bits per heavy atom. The number of ether oxygens (including phenoxy) is 3. The van der Waals surface area contributed by atoms with Gasteiger partial charge in [-0.3, -0.25) is 4.79 Å². The third-order valence-corrected chi connectivity index (χ3v) is 4.88. The molecule has 0 radical (unpaired) electrons. The second-order valence-corrected chi connectivity index (χ2v) is 7.06. The van der Waals surface area contributed by atoms with Crippen LogP contribution in [-0.4, -0.2) is 43.7 Å². The van der Waals surface area contributed by atoms with E-state index >= 15 is 0 Å². The fourth-order valence-corrected chi connectivity index (χ4v) is 3.53. The second-order valence-electron chi connectivity index (χ2n) is 5.90. The standard InChI is InChI=1S/C20H22INO4/c1-2-25-18-13-16(20(23)22-8-10-24-11-9-22)12-17(21)19(18)26-14-15-6-4-3-5-7-15/h3-7,12-13H,2,8-11,14H2,1H3. The lowest BCUT2D eigenvalue weighted by Gasteiger charge is -2.27. The SMILES string of the molecule is CCOc1cc(C(=O)N2CCOCC2)cc(I)c1OCc1ccccc1. The quantitative estimate of drug-likeness (QED) is 0.608. The zero-order valence-electron chi connectivity index (χ0n) is 14.7. The van der Waals surface area contributed by atoms with E-state index in [2.05, 4.69) is 22.6 Å². The molecule has 1 aliphatic rings. The summed E-state index contributed by atoms with van der Waals surface area (Å²) in [6, 6.07) is 13.6. The predicted molar refractivity (Wildman–Crippen MR) is 108 cm³/mol. The molecule has 2 aromatic carbocycles. The van der Waals surface area contributed by atoms with E-state index in [1.54, 1.807) is 6.07 Å². The van der Waals surface area contributed by atoms with Gasteiger partial charge in [-0.1, -0.05) is 30.3 Å². The second kappa shape index (κ2) is 9.23. The normalized spacial score (nSPS) is 14.2. The van der Waals surface area contributed by atoms with Gasteiger partial charge in [0.2, 0.25) is 0 Å². The summed E-state index contributed by atoms with van der Waals surface area (Å²) in [6.07, 6.45) is 0. The molecule has 0 aliphatic carbocycles. The molecule has 138 valence electrons. The van der Waals surface area contributed by atoms with Crippen LogP contribution in [0.1, 0.15) is 22.8 Å². The molecule has 0 spiro atoms. The first-order chi connectivity index (χ1) is 12.7. The Hall–Kier alpha value is -1.80. The zero-order chi connectivity index (χ0) is 18.4. The molecule has 1 saturated heterocycles. The van der Waals surface area contributed by atoms with Crippen molar-refractivity contribution < 1.29 is 19.0 Å². The van der Waals surface area contributed by atoms with Gasteiger partial charge in [-0.15, -0.1) is 0 Å². The lowest BCUT2D eigenvalue weighted by atomic mass is 10.1. The molecule has 26 heavy (non-hydrogen) atoms. The fraction of sp³-hybridized carbons (Fsp3) is 0.350. The smallest absolute Gasteiger partial charge is 0.254 e. The molecule has 5 nitrogen and oxygen atoms in total. The minimum Gasteiger partial charge on any atom is -0.490 e. The van der Waals surface area contributed by atoms with Crippen molar-refractivity contribution in [3.05, 3.63) is 57.2 Å². The Labute approximate surface area is 167 Å². The first-order valence-electron chi connectivity index (χ1n) is 8.69. The minimum absolute atomic E-state index is 0.00165. The number of hydrogen-bond donors (Lipinski definition) is 0. The monoisotopic (exact) mass is 467 g/mol. The molecule has 3 rings (SSSR count). The summed E-state index contributed by atoms with van der Waals surface area (Å²) in [4.78, 5) is 14.6. The van der Waals surface area contributed by atoms with Crippen molar-refractivity contribution in [1.29, 1.82) is 0 Å². The maximum absolute atomic E-state index is 12.8. The summed E-state index contributed by atoms with van der Waals surface area (Å²) in [5.74, 6) is 1.28. The number of nitrogens with zero attached hydrogens (tertiary/aromatic N) is 1. The Morgan fingerprint density at radius 2 is 1.88 bits per heavy atom. The Morgan fingerprint density at radius 1 is 1.15 bits per heavy atom. The van der Waals surface area contributed by atoms with Crippen molar-refractivity contribution in [2.75, 3.05) is 32.9 Å². The maximum Gasteiger partial charge on any atom is 0.254 e. The Balaban J connectivity index is 1.81. The van der Waals surface area contributed by atoms with Crippen molar-refractivity contribution in [2.24, 2.45) is 0 Å². The van der Waals surface area contributed by atoms with Gasteiger partial charge in [-0.25, -0.2) is 0 Å². The van der Waals surface area contributed by atoms with Gasteiger partial charge in [0.1, 0.15) is 6.61 Å². The van der Waals surface area contributed by atoms with Crippen LogP contribution in [0.5, 0.6) is 11.5 Å². The van der Waals surface area contributed by atoms with Crippen LogP contribution in [0.3, 0.4) is 0 Å². The molecule has 1 aliphatic heterocycles. The van der Waals surface area contributed by atoms with Crippen LogP contribution in [0.25, 0.3) is 0 Å². The van der Waals surface area contributed by atoms with Gasteiger partial charge in [0.25, 0.3) is 5.91 Å². The first-order valence-corrected chi connectivity index (χ1v) is 9.77. The van der Waals surface area contributed by atoms with Crippen molar-refractivity contribution in [3.63, 3.8) is 0 Å². The molecule has 0 bridgehead atoms. The van der Waals surface area contributed by atoms with Gasteiger partial charge >= 0.3 is 0 Å². The van der Waals surface area contributed by atoms with E-state index in [4.69, 9.17) is 14.2 Å². The van der Waals surface area contributed by atoms with Gasteiger partial charge < -0.3 is 19.1 Å². The molecule has 6 heteroatoms. The van der Waals surface area contributed by atoms with Crippen LogP contribution in [-0.2, 0) is 11.3 Å². The molecule has 0 saturated carbocycles. The number of carbonyl (C=O) groups is 1. The first kappa shape index (κ1) is 19.0. The summed E-state index contributed by atoms with van der Waals surface area (Å²) in [5, 5.41) is 0. The third-order valence-electron chi connectivity index (χ3n) is 4.08. The lowest BCUT2D eigenvalue weighted by molar-refractivity contribution is 0.0302. The molecule has 0 aromatic heterocycles. The van der Waals surface area contributed by atoms with Crippen molar-refractivity contribution in [2.45, 2.75) is 13.5 Å². The highest BCUT2D eigenvalue weighted by molar-refractivity contribution is 14.1. The van der Waals surface area contributed by atoms with Crippen LogP contribution < -0.4 is 9.47 Å². The largest absolute Gasteiger partial charge is 0.490 e. The molecule has 2 aromatic rings. The highest BCUT2D eigenvalue weighted by Crippen LogP contribution is 2.35. The van der Waals surface area contributed by atoms with E-state index in [1.165, 1.54) is 0 Å². The van der Waals surface area contributed by atoms with E-state index in [1.807, 2.05) is 48.2 Å². The molecular formula is C20H22INO4. The minimum atomic E-state index is 0.00165. The molecule has 0 N–H and O–H groups in total. The molecule has 1 amide bonds. The Kier molecular flexibility index (Phi) is 6.73. The average Bonchev–Trinajstić information content (AvgIpc) is 2.68. The molecule has 1 heterocycles. The molecule has 1 fully saturated rings. The number of hydrogen-bond acceptors (Lipinski definition) is 4. The lowest BCUT2D eigenvalue weighted by Crippen LogP contribution is -2.40. The highest BCUT2D eigenvalue weighted by atomic mass is 127. The van der Waals surface area contributed by atoms with E-state index < -0.39 is 0 Å². The van der Waals surface area contributed by atoms with Gasteiger partial charge in [0, 0.05) is 18.7 Å². The average molecular weight is 467 g/mol. The van der Waals surface area contributed by atoms with E-state index in [-0.39, 0.29) is 5.91 Å². The number of carbonyl (C=O) groups excluding carboxylic acids is 1. The summed E-state index contributed by atoms with van der Waals surface area (Å²) < 4.78 is 18.0. The third kappa shape index (κ3) is 4.67. The van der Waals surface area contributed by atoms with Crippen molar-refractivity contribution >= 4 is 28.5 Å². The zero-order valence-corrected chi connectivity index (χ0v) is 16.9. The van der Waals surface area contributed by atoms with Gasteiger partial charge in [0.05, 0.1) is 23.4 Å². The van der Waals surface area contributed by atoms with Gasteiger partial charge in [-0.2, -0.15) is 0 Å². The van der Waals surface area contributed by atoms with E-state index in [0.717, 1.165) is 9.13 Å². The summed E-state index contributed by atoms with van der Waals surface area (Å²) >= 11 is 2.20. The van der Waals surface area contributed by atoms with Gasteiger partial charge in [0.15, 0.2) is 11.5 Å². The number of halogens is 1. The molecule has 0 atom stereocenters. The van der Waals surface area contributed by atoms with Crippen LogP contribution in [0, 0.1) is 3.57 Å². The fourth-order valence-electron chi connectivity index (χ4n) is 2.77. The number of rotatable bonds is 6. The summed E-state index contributed by atoms with van der Waals surface area (Å²) in [5.41, 5.74) is 1.70. The maximum atomic E-state index is 12.8. The van der Waals surface area contributed by atoms with Crippen LogP contribution in [0.4, 0.5) is 0 Å². The summed E-state index contributed by atoms with van der Waals surface area (Å²) in [6.45, 7) is 5.28. The Bertz CT molecular complexity index is 745. The predicted octanol–water partition coefficient (Wildman–Crippen LogP) is 3.74. The topological polar surface area (TPSA) is 48.0 Å².